The number of thiocarbonyl (C=S) groups is 1. The van der Waals surface area contributed by atoms with Crippen molar-refractivity contribution < 1.29 is 9.53 Å². The van der Waals surface area contributed by atoms with Gasteiger partial charge in [-0.2, -0.15) is 0 Å². The summed E-state index contributed by atoms with van der Waals surface area (Å²) in [6.45, 7) is 8.62. The summed E-state index contributed by atoms with van der Waals surface area (Å²) in [6.07, 6.45) is 2.43. The molecule has 3 nitrogen and oxygen atoms in total. The molecule has 0 aromatic carbocycles. The Bertz CT molecular complexity index is 231. The van der Waals surface area contributed by atoms with E-state index >= 15 is 0 Å². The Morgan fingerprint density at radius 3 is 2.47 bits per heavy atom. The van der Waals surface area contributed by atoms with Crippen LogP contribution in [0.3, 0.4) is 0 Å². The van der Waals surface area contributed by atoms with E-state index in [-0.39, 0.29) is 5.97 Å². The predicted octanol–water partition coefficient (Wildman–Crippen LogP) is 3.08. The van der Waals surface area contributed by atoms with Gasteiger partial charge in [-0.25, -0.2) is 0 Å². The minimum absolute atomic E-state index is 0.117. The van der Waals surface area contributed by atoms with E-state index in [1.54, 1.807) is 11.8 Å². The lowest BCUT2D eigenvalue weighted by atomic mass is 10.4. The lowest BCUT2D eigenvalue weighted by molar-refractivity contribution is -0.143. The van der Waals surface area contributed by atoms with E-state index in [9.17, 15) is 4.79 Å². The van der Waals surface area contributed by atoms with Gasteiger partial charge in [0, 0.05) is 18.8 Å². The Hall–Kier alpha value is -0.290. The Kier molecular flexibility index (Phi) is 10.7. The van der Waals surface area contributed by atoms with Crippen molar-refractivity contribution in [3.63, 3.8) is 0 Å². The first-order chi connectivity index (χ1) is 8.15. The highest BCUT2D eigenvalue weighted by Gasteiger charge is 2.08. The minimum atomic E-state index is -0.117. The van der Waals surface area contributed by atoms with Crippen LogP contribution in [0.1, 0.15) is 40.0 Å². The highest BCUT2D eigenvalue weighted by atomic mass is 32.2. The molecule has 0 aliphatic rings. The van der Waals surface area contributed by atoms with Crippen molar-refractivity contribution in [3.05, 3.63) is 0 Å². The van der Waals surface area contributed by atoms with Gasteiger partial charge in [0.05, 0.1) is 13.0 Å². The summed E-state index contributed by atoms with van der Waals surface area (Å²) in [6, 6.07) is 0. The van der Waals surface area contributed by atoms with E-state index in [0.29, 0.717) is 18.8 Å². The normalized spacial score (nSPS) is 10.1. The van der Waals surface area contributed by atoms with Crippen molar-refractivity contribution in [3.8, 4) is 0 Å². The number of carbonyl (C=O) groups is 1. The van der Waals surface area contributed by atoms with Gasteiger partial charge >= 0.3 is 5.97 Å². The number of hydrogen-bond acceptors (Lipinski definition) is 4. The number of esters is 1. The number of rotatable bonds is 8. The largest absolute Gasteiger partial charge is 0.466 e. The summed E-state index contributed by atoms with van der Waals surface area (Å²) in [4.78, 5) is 13.4. The molecule has 0 saturated carbocycles. The van der Waals surface area contributed by atoms with Crippen molar-refractivity contribution in [2.75, 3.05) is 25.4 Å². The monoisotopic (exact) mass is 277 g/mol. The van der Waals surface area contributed by atoms with Crippen LogP contribution in [-0.4, -0.2) is 40.6 Å². The van der Waals surface area contributed by atoms with E-state index in [2.05, 4.69) is 25.7 Å². The molecule has 0 atom stereocenters. The topological polar surface area (TPSA) is 29.5 Å². The van der Waals surface area contributed by atoms with E-state index in [0.717, 1.165) is 30.3 Å². The van der Waals surface area contributed by atoms with Gasteiger partial charge in [-0.05, 0) is 20.3 Å². The molecule has 0 fully saturated rings. The number of unbranched alkanes of at least 4 members (excludes halogenated alkanes) is 1. The highest BCUT2D eigenvalue weighted by Crippen LogP contribution is 2.11. The summed E-state index contributed by atoms with van der Waals surface area (Å²) < 4.78 is 5.94. The fraction of sp³-hybridized carbons (Fsp3) is 0.833. The number of nitrogens with zero attached hydrogens (tertiary/aromatic N) is 1. The van der Waals surface area contributed by atoms with Crippen LogP contribution in [0, 0.1) is 0 Å². The maximum atomic E-state index is 11.3. The van der Waals surface area contributed by atoms with Gasteiger partial charge < -0.3 is 9.64 Å². The lowest BCUT2D eigenvalue weighted by Crippen LogP contribution is -2.27. The van der Waals surface area contributed by atoms with Crippen molar-refractivity contribution in [1.82, 2.24) is 4.90 Å². The third kappa shape index (κ3) is 8.44. The molecule has 5 heteroatoms. The first-order valence-corrected chi connectivity index (χ1v) is 7.62. The molecule has 0 aromatic rings. The summed E-state index contributed by atoms with van der Waals surface area (Å²) >= 11 is 6.83. The number of thioether (sulfide) groups is 1. The second-order valence-corrected chi connectivity index (χ2v) is 5.34. The van der Waals surface area contributed by atoms with Crippen molar-refractivity contribution in [2.24, 2.45) is 0 Å². The Morgan fingerprint density at radius 2 is 1.94 bits per heavy atom. The van der Waals surface area contributed by atoms with Crippen LogP contribution in [0.15, 0.2) is 0 Å². The van der Waals surface area contributed by atoms with Crippen molar-refractivity contribution in [2.45, 2.75) is 40.0 Å². The van der Waals surface area contributed by atoms with Gasteiger partial charge in [0.15, 0.2) is 0 Å². The molecule has 0 heterocycles. The highest BCUT2D eigenvalue weighted by molar-refractivity contribution is 8.22. The zero-order valence-corrected chi connectivity index (χ0v) is 12.7. The van der Waals surface area contributed by atoms with Gasteiger partial charge in [-0.15, -0.1) is 0 Å². The standard InChI is InChI=1S/C12H23NO2S2/c1-4-7-9-15-11(14)8-10-17-12(16)13(5-2)6-3/h4-10H2,1-3H3. The van der Waals surface area contributed by atoms with E-state index in [1.165, 1.54) is 0 Å². The van der Waals surface area contributed by atoms with Gasteiger partial charge in [-0.3, -0.25) is 4.79 Å². The SMILES string of the molecule is CCCCOC(=O)CCSC(=S)N(CC)CC. The van der Waals surface area contributed by atoms with Crippen molar-refractivity contribution in [1.29, 1.82) is 0 Å². The zero-order chi connectivity index (χ0) is 13.1. The molecule has 17 heavy (non-hydrogen) atoms. The number of ether oxygens (including phenoxy) is 1. The summed E-state index contributed by atoms with van der Waals surface area (Å²) in [5.41, 5.74) is 0. The lowest BCUT2D eigenvalue weighted by Gasteiger charge is -2.20. The van der Waals surface area contributed by atoms with E-state index in [1.807, 2.05) is 0 Å². The third-order valence-corrected chi connectivity index (χ3v) is 3.84. The maximum Gasteiger partial charge on any atom is 0.306 e. The van der Waals surface area contributed by atoms with Crippen LogP contribution in [0.2, 0.25) is 0 Å². The van der Waals surface area contributed by atoms with Crippen LogP contribution < -0.4 is 0 Å². The second-order valence-electron chi connectivity index (χ2n) is 3.61. The molecule has 100 valence electrons. The fourth-order valence-corrected chi connectivity index (χ4v) is 2.59. The Morgan fingerprint density at radius 1 is 1.29 bits per heavy atom. The molecule has 0 spiro atoms. The first-order valence-electron chi connectivity index (χ1n) is 6.22. The summed E-state index contributed by atoms with van der Waals surface area (Å²) in [7, 11) is 0. The van der Waals surface area contributed by atoms with Crippen LogP contribution >= 0.6 is 24.0 Å². The third-order valence-electron chi connectivity index (χ3n) is 2.31. The Balaban J connectivity index is 3.61. The quantitative estimate of drug-likeness (QED) is 0.386. The molecule has 0 radical (unpaired) electrons. The van der Waals surface area contributed by atoms with Crippen LogP contribution in [0.25, 0.3) is 0 Å². The maximum absolute atomic E-state index is 11.3. The van der Waals surface area contributed by atoms with Crippen molar-refractivity contribution >= 4 is 34.3 Å². The average Bonchev–Trinajstić information content (AvgIpc) is 2.31. The molecular formula is C12H23NO2S2. The fourth-order valence-electron chi connectivity index (χ4n) is 1.20. The molecule has 0 saturated heterocycles. The Labute approximate surface area is 114 Å². The van der Waals surface area contributed by atoms with Gasteiger partial charge in [0.1, 0.15) is 4.32 Å². The van der Waals surface area contributed by atoms with Gasteiger partial charge in [0.2, 0.25) is 0 Å². The smallest absolute Gasteiger partial charge is 0.306 e. The first kappa shape index (κ1) is 16.7. The number of hydrogen-bond donors (Lipinski definition) is 0. The average molecular weight is 277 g/mol. The van der Waals surface area contributed by atoms with Crippen LogP contribution in [-0.2, 0) is 9.53 Å². The van der Waals surface area contributed by atoms with E-state index < -0.39 is 0 Å². The summed E-state index contributed by atoms with van der Waals surface area (Å²) in [5, 5.41) is 0. The number of carbonyl (C=O) groups excluding carboxylic acids is 1. The molecule has 0 amide bonds. The zero-order valence-electron chi connectivity index (χ0n) is 11.0. The molecule has 0 aromatic heterocycles. The molecule has 0 bridgehead atoms. The molecule has 0 aliphatic carbocycles. The molecular weight excluding hydrogens is 254 g/mol. The molecule has 0 aliphatic heterocycles. The molecule has 0 N–H and O–H groups in total. The van der Waals surface area contributed by atoms with Crippen LogP contribution in [0.4, 0.5) is 0 Å². The van der Waals surface area contributed by atoms with Gasteiger partial charge in [0.25, 0.3) is 0 Å². The second kappa shape index (κ2) is 10.8. The molecule has 0 unspecified atom stereocenters. The predicted molar refractivity (Wildman–Crippen MR) is 78.5 cm³/mol. The summed E-state index contributed by atoms with van der Waals surface area (Å²) in [5.74, 6) is 0.591. The molecule has 0 rings (SSSR count). The van der Waals surface area contributed by atoms with Gasteiger partial charge in [-0.1, -0.05) is 37.3 Å². The van der Waals surface area contributed by atoms with E-state index in [4.69, 9.17) is 17.0 Å². The minimum Gasteiger partial charge on any atom is -0.466 e. The van der Waals surface area contributed by atoms with Crippen LogP contribution in [0.5, 0.6) is 0 Å².